The van der Waals surface area contributed by atoms with E-state index in [1.807, 2.05) is 0 Å². The summed E-state index contributed by atoms with van der Waals surface area (Å²) in [6.07, 6.45) is 5.56. The first kappa shape index (κ1) is 17.4. The largest absolute Gasteiger partial charge is 0.383 e. The molecular formula is C20H30N2O2. The lowest BCUT2D eigenvalue weighted by Gasteiger charge is -2.32. The first-order valence-corrected chi connectivity index (χ1v) is 9.34. The Balaban J connectivity index is 1.45. The van der Waals surface area contributed by atoms with Crippen molar-refractivity contribution in [1.29, 1.82) is 0 Å². The molecule has 1 aromatic rings. The van der Waals surface area contributed by atoms with Gasteiger partial charge in [-0.05, 0) is 62.2 Å². The first-order valence-electron chi connectivity index (χ1n) is 9.34. The zero-order valence-corrected chi connectivity index (χ0v) is 14.8. The summed E-state index contributed by atoms with van der Waals surface area (Å²) in [5, 5.41) is 3.24. The third kappa shape index (κ3) is 4.37. The minimum atomic E-state index is 0.0525. The van der Waals surface area contributed by atoms with Gasteiger partial charge in [0.1, 0.15) is 0 Å². The molecule has 1 aliphatic heterocycles. The Morgan fingerprint density at radius 2 is 2.04 bits per heavy atom. The molecule has 3 rings (SSSR count). The molecule has 0 unspecified atom stereocenters. The Bertz CT molecular complexity index is 538. The molecule has 1 atom stereocenters. The number of fused-ring (bicyclic) bond motifs is 1. The highest BCUT2D eigenvalue weighted by atomic mass is 16.5. The average molecular weight is 330 g/mol. The zero-order chi connectivity index (χ0) is 16.8. The molecule has 0 spiro atoms. The molecule has 2 aliphatic rings. The Morgan fingerprint density at radius 1 is 1.25 bits per heavy atom. The van der Waals surface area contributed by atoms with Crippen molar-refractivity contribution in [3.63, 3.8) is 0 Å². The van der Waals surface area contributed by atoms with E-state index in [0.717, 1.165) is 52.0 Å². The summed E-state index contributed by atoms with van der Waals surface area (Å²) in [6, 6.07) is 8.44. The number of rotatable bonds is 6. The van der Waals surface area contributed by atoms with E-state index in [2.05, 4.69) is 34.5 Å². The molecule has 4 heteroatoms. The molecule has 1 aromatic carbocycles. The van der Waals surface area contributed by atoms with E-state index in [9.17, 15) is 4.79 Å². The van der Waals surface area contributed by atoms with Gasteiger partial charge in [0, 0.05) is 20.2 Å². The molecule has 1 saturated heterocycles. The Morgan fingerprint density at radius 3 is 2.83 bits per heavy atom. The SMILES string of the molecule is COCCN1CCC(CNC(=O)[C@@H]2CCCc3ccccc32)CC1. The van der Waals surface area contributed by atoms with Gasteiger partial charge in [0.2, 0.25) is 5.91 Å². The van der Waals surface area contributed by atoms with Crippen molar-refractivity contribution >= 4 is 5.91 Å². The van der Waals surface area contributed by atoms with Crippen LogP contribution in [0, 0.1) is 5.92 Å². The number of ether oxygens (including phenoxy) is 1. The maximum atomic E-state index is 12.7. The van der Waals surface area contributed by atoms with Crippen molar-refractivity contribution in [3.05, 3.63) is 35.4 Å². The number of methoxy groups -OCH3 is 1. The fraction of sp³-hybridized carbons (Fsp3) is 0.650. The summed E-state index contributed by atoms with van der Waals surface area (Å²) in [5.41, 5.74) is 2.60. The van der Waals surface area contributed by atoms with Crippen molar-refractivity contribution in [3.8, 4) is 0 Å². The smallest absolute Gasteiger partial charge is 0.227 e. The predicted octanol–water partition coefficient (Wildman–Crippen LogP) is 2.58. The van der Waals surface area contributed by atoms with Crippen LogP contribution in [0.25, 0.3) is 0 Å². The quantitative estimate of drug-likeness (QED) is 0.872. The normalized spacial score (nSPS) is 22.1. The number of piperidine rings is 1. The van der Waals surface area contributed by atoms with Crippen molar-refractivity contribution in [2.45, 2.75) is 38.0 Å². The highest BCUT2D eigenvalue weighted by molar-refractivity contribution is 5.84. The highest BCUT2D eigenvalue weighted by Crippen LogP contribution is 2.31. The van der Waals surface area contributed by atoms with Gasteiger partial charge in [-0.2, -0.15) is 0 Å². The monoisotopic (exact) mass is 330 g/mol. The third-order valence-corrected chi connectivity index (χ3v) is 5.57. The predicted molar refractivity (Wildman–Crippen MR) is 96.2 cm³/mol. The van der Waals surface area contributed by atoms with Crippen LogP contribution in [0.3, 0.4) is 0 Å². The molecule has 4 nitrogen and oxygen atoms in total. The lowest BCUT2D eigenvalue weighted by atomic mass is 9.82. The van der Waals surface area contributed by atoms with Crippen LogP contribution in [0.1, 0.15) is 42.7 Å². The number of nitrogens with one attached hydrogen (secondary N) is 1. The van der Waals surface area contributed by atoms with E-state index in [-0.39, 0.29) is 11.8 Å². The second-order valence-electron chi connectivity index (χ2n) is 7.17. The first-order chi connectivity index (χ1) is 11.8. The molecule has 1 fully saturated rings. The fourth-order valence-electron chi connectivity index (χ4n) is 4.03. The van der Waals surface area contributed by atoms with Gasteiger partial charge in [0.15, 0.2) is 0 Å². The van der Waals surface area contributed by atoms with Gasteiger partial charge in [-0.3, -0.25) is 4.79 Å². The van der Waals surface area contributed by atoms with Crippen LogP contribution in [-0.4, -0.2) is 50.7 Å². The Labute approximate surface area is 145 Å². The lowest BCUT2D eigenvalue weighted by molar-refractivity contribution is -0.123. The second kappa shape index (κ2) is 8.63. The van der Waals surface area contributed by atoms with E-state index >= 15 is 0 Å². The number of benzene rings is 1. The van der Waals surface area contributed by atoms with E-state index in [0.29, 0.717) is 5.92 Å². The van der Waals surface area contributed by atoms with Gasteiger partial charge in [-0.25, -0.2) is 0 Å². The number of carbonyl (C=O) groups excluding carboxylic acids is 1. The molecule has 24 heavy (non-hydrogen) atoms. The summed E-state index contributed by atoms with van der Waals surface area (Å²) < 4.78 is 5.15. The fourth-order valence-corrected chi connectivity index (χ4v) is 4.03. The number of carbonyl (C=O) groups is 1. The van der Waals surface area contributed by atoms with Crippen molar-refractivity contribution in [2.75, 3.05) is 39.9 Å². The molecule has 1 amide bonds. The van der Waals surface area contributed by atoms with E-state index in [1.54, 1.807) is 7.11 Å². The van der Waals surface area contributed by atoms with Crippen LogP contribution in [0.5, 0.6) is 0 Å². The van der Waals surface area contributed by atoms with Crippen LogP contribution in [0.15, 0.2) is 24.3 Å². The zero-order valence-electron chi connectivity index (χ0n) is 14.8. The maximum absolute atomic E-state index is 12.7. The van der Waals surface area contributed by atoms with Crippen molar-refractivity contribution < 1.29 is 9.53 Å². The number of aryl methyl sites for hydroxylation is 1. The number of hydrogen-bond donors (Lipinski definition) is 1. The molecular weight excluding hydrogens is 300 g/mol. The number of nitrogens with zero attached hydrogens (tertiary/aromatic N) is 1. The van der Waals surface area contributed by atoms with Crippen LogP contribution in [0.2, 0.25) is 0 Å². The van der Waals surface area contributed by atoms with Crippen LogP contribution in [-0.2, 0) is 16.0 Å². The van der Waals surface area contributed by atoms with Crippen LogP contribution >= 0.6 is 0 Å². The van der Waals surface area contributed by atoms with Gasteiger partial charge in [0.25, 0.3) is 0 Å². The van der Waals surface area contributed by atoms with Gasteiger partial charge < -0.3 is 15.0 Å². The highest BCUT2D eigenvalue weighted by Gasteiger charge is 2.27. The summed E-state index contributed by atoms with van der Waals surface area (Å²) >= 11 is 0. The number of hydrogen-bond acceptors (Lipinski definition) is 3. The van der Waals surface area contributed by atoms with E-state index in [4.69, 9.17) is 4.74 Å². The molecule has 1 aliphatic carbocycles. The van der Waals surface area contributed by atoms with Gasteiger partial charge in [-0.1, -0.05) is 24.3 Å². The summed E-state index contributed by atoms with van der Waals surface area (Å²) in [4.78, 5) is 15.1. The second-order valence-corrected chi connectivity index (χ2v) is 7.17. The topological polar surface area (TPSA) is 41.6 Å². The summed E-state index contributed by atoms with van der Waals surface area (Å²) in [6.45, 7) is 4.90. The van der Waals surface area contributed by atoms with Gasteiger partial charge in [0.05, 0.1) is 12.5 Å². The Kier molecular flexibility index (Phi) is 6.27. The molecule has 132 valence electrons. The van der Waals surface area contributed by atoms with Gasteiger partial charge >= 0.3 is 0 Å². The minimum Gasteiger partial charge on any atom is -0.383 e. The number of amides is 1. The standard InChI is InChI=1S/C20H30N2O2/c1-24-14-13-22-11-9-16(10-12-22)15-21-20(23)19-8-4-6-17-5-2-3-7-18(17)19/h2-3,5,7,16,19H,4,6,8-15H2,1H3,(H,21,23)/t19-/m1/s1. The molecule has 1 heterocycles. The maximum Gasteiger partial charge on any atom is 0.227 e. The Hall–Kier alpha value is -1.39. The third-order valence-electron chi connectivity index (χ3n) is 5.57. The molecule has 0 aromatic heterocycles. The molecule has 1 N–H and O–H groups in total. The van der Waals surface area contributed by atoms with Gasteiger partial charge in [-0.15, -0.1) is 0 Å². The molecule has 0 bridgehead atoms. The lowest BCUT2D eigenvalue weighted by Crippen LogP contribution is -2.41. The number of likely N-dealkylation sites (tertiary alicyclic amines) is 1. The average Bonchev–Trinajstić information content (AvgIpc) is 2.64. The van der Waals surface area contributed by atoms with E-state index < -0.39 is 0 Å². The van der Waals surface area contributed by atoms with E-state index in [1.165, 1.54) is 24.0 Å². The molecule has 0 radical (unpaired) electrons. The summed E-state index contributed by atoms with van der Waals surface area (Å²) in [5.74, 6) is 0.896. The minimum absolute atomic E-state index is 0.0525. The molecule has 0 saturated carbocycles. The van der Waals surface area contributed by atoms with Crippen molar-refractivity contribution in [1.82, 2.24) is 10.2 Å². The van der Waals surface area contributed by atoms with Crippen LogP contribution < -0.4 is 5.32 Å². The van der Waals surface area contributed by atoms with Crippen LogP contribution in [0.4, 0.5) is 0 Å². The summed E-state index contributed by atoms with van der Waals surface area (Å²) in [7, 11) is 1.76. The van der Waals surface area contributed by atoms with Crippen molar-refractivity contribution in [2.24, 2.45) is 5.92 Å².